The SMILES string of the molecule is O=C(O)C[C@H](NC(=O)c1ccn(-c2cccc([N+](=O)[O-])c2)n1)c1cccs1. The van der Waals surface area contributed by atoms with Crippen molar-refractivity contribution in [2.24, 2.45) is 0 Å². The van der Waals surface area contributed by atoms with Gasteiger partial charge in [-0.2, -0.15) is 5.10 Å². The number of nitro benzene ring substituents is 1. The molecule has 0 spiro atoms. The van der Waals surface area contributed by atoms with Crippen LogP contribution < -0.4 is 5.32 Å². The number of aromatic nitrogens is 2. The molecule has 0 fully saturated rings. The fraction of sp³-hybridized carbons (Fsp3) is 0.118. The topological polar surface area (TPSA) is 127 Å². The molecule has 0 saturated carbocycles. The number of benzene rings is 1. The lowest BCUT2D eigenvalue weighted by Gasteiger charge is -2.14. The second-order valence-corrected chi connectivity index (χ2v) is 6.54. The van der Waals surface area contributed by atoms with Crippen molar-refractivity contribution in [1.29, 1.82) is 0 Å². The van der Waals surface area contributed by atoms with Crippen molar-refractivity contribution in [2.75, 3.05) is 0 Å². The number of hydrogen-bond donors (Lipinski definition) is 2. The van der Waals surface area contributed by atoms with E-state index in [-0.39, 0.29) is 17.8 Å². The minimum Gasteiger partial charge on any atom is -0.481 e. The van der Waals surface area contributed by atoms with E-state index in [0.29, 0.717) is 5.69 Å². The molecule has 2 aromatic heterocycles. The van der Waals surface area contributed by atoms with Gasteiger partial charge in [-0.1, -0.05) is 12.1 Å². The monoisotopic (exact) mass is 386 g/mol. The van der Waals surface area contributed by atoms with Crippen LogP contribution in [0.15, 0.2) is 54.0 Å². The van der Waals surface area contributed by atoms with Crippen molar-refractivity contribution in [3.05, 3.63) is 74.7 Å². The number of nitro groups is 1. The maximum absolute atomic E-state index is 12.5. The van der Waals surface area contributed by atoms with E-state index < -0.39 is 22.8 Å². The number of aliphatic carboxylic acids is 1. The number of carbonyl (C=O) groups is 2. The van der Waals surface area contributed by atoms with Crippen LogP contribution in [0.1, 0.15) is 27.8 Å². The Labute approximate surface area is 157 Å². The molecule has 1 atom stereocenters. The van der Waals surface area contributed by atoms with Crippen LogP contribution in [-0.4, -0.2) is 31.7 Å². The highest BCUT2D eigenvalue weighted by molar-refractivity contribution is 7.10. The maximum Gasteiger partial charge on any atom is 0.305 e. The second-order valence-electron chi connectivity index (χ2n) is 5.56. The van der Waals surface area contributed by atoms with E-state index in [0.717, 1.165) is 4.88 Å². The number of nitrogens with zero attached hydrogens (tertiary/aromatic N) is 3. The second kappa shape index (κ2) is 7.79. The smallest absolute Gasteiger partial charge is 0.305 e. The summed E-state index contributed by atoms with van der Waals surface area (Å²) < 4.78 is 1.35. The fourth-order valence-electron chi connectivity index (χ4n) is 2.46. The van der Waals surface area contributed by atoms with Gasteiger partial charge in [-0.3, -0.25) is 19.7 Å². The molecule has 3 aromatic rings. The van der Waals surface area contributed by atoms with Gasteiger partial charge in [0, 0.05) is 23.2 Å². The number of thiophene rings is 1. The van der Waals surface area contributed by atoms with Crippen LogP contribution in [0.5, 0.6) is 0 Å². The van der Waals surface area contributed by atoms with Crippen LogP contribution >= 0.6 is 11.3 Å². The number of rotatable bonds is 7. The third kappa shape index (κ3) is 4.36. The lowest BCUT2D eigenvalue weighted by molar-refractivity contribution is -0.384. The Morgan fingerprint density at radius 3 is 2.78 bits per heavy atom. The van der Waals surface area contributed by atoms with Crippen molar-refractivity contribution >= 4 is 28.9 Å². The molecular weight excluding hydrogens is 372 g/mol. The zero-order chi connectivity index (χ0) is 19.4. The van der Waals surface area contributed by atoms with E-state index >= 15 is 0 Å². The van der Waals surface area contributed by atoms with Gasteiger partial charge in [-0.15, -0.1) is 11.3 Å². The summed E-state index contributed by atoms with van der Waals surface area (Å²) in [5.74, 6) is -1.56. The predicted molar refractivity (Wildman–Crippen MR) is 97.0 cm³/mol. The number of carboxylic acids is 1. The van der Waals surface area contributed by atoms with Gasteiger partial charge in [0.05, 0.1) is 23.1 Å². The molecule has 9 nitrogen and oxygen atoms in total. The van der Waals surface area contributed by atoms with E-state index in [4.69, 9.17) is 5.11 Å². The summed E-state index contributed by atoms with van der Waals surface area (Å²) in [7, 11) is 0. The Bertz CT molecular complexity index is 983. The van der Waals surface area contributed by atoms with Crippen LogP contribution in [0.2, 0.25) is 0 Å². The van der Waals surface area contributed by atoms with Crippen LogP contribution in [0.3, 0.4) is 0 Å². The van der Waals surface area contributed by atoms with Gasteiger partial charge in [-0.05, 0) is 23.6 Å². The van der Waals surface area contributed by atoms with E-state index in [2.05, 4.69) is 10.4 Å². The first-order valence-corrected chi connectivity index (χ1v) is 8.68. The molecule has 1 aromatic carbocycles. The van der Waals surface area contributed by atoms with Gasteiger partial charge in [0.25, 0.3) is 11.6 Å². The maximum atomic E-state index is 12.5. The normalized spacial score (nSPS) is 11.7. The Morgan fingerprint density at radius 2 is 2.11 bits per heavy atom. The van der Waals surface area contributed by atoms with Crippen molar-refractivity contribution < 1.29 is 19.6 Å². The van der Waals surface area contributed by atoms with E-state index in [1.165, 1.54) is 46.5 Å². The molecule has 0 saturated heterocycles. The molecule has 0 radical (unpaired) electrons. The summed E-state index contributed by atoms with van der Waals surface area (Å²) in [4.78, 5) is 34.6. The number of amides is 1. The summed E-state index contributed by atoms with van der Waals surface area (Å²) in [5.41, 5.74) is 0.422. The fourth-order valence-corrected chi connectivity index (χ4v) is 3.23. The zero-order valence-corrected chi connectivity index (χ0v) is 14.6. The van der Waals surface area contributed by atoms with E-state index in [1.54, 1.807) is 23.6 Å². The van der Waals surface area contributed by atoms with Gasteiger partial charge in [0.15, 0.2) is 5.69 Å². The van der Waals surface area contributed by atoms with Crippen molar-refractivity contribution in [3.63, 3.8) is 0 Å². The highest BCUT2D eigenvalue weighted by atomic mass is 32.1. The largest absolute Gasteiger partial charge is 0.481 e. The first kappa shape index (κ1) is 18.3. The minimum atomic E-state index is -1.03. The number of carboxylic acid groups (broad SMARTS) is 1. The lowest BCUT2D eigenvalue weighted by atomic mass is 10.1. The van der Waals surface area contributed by atoms with Crippen molar-refractivity contribution in [2.45, 2.75) is 12.5 Å². The average molecular weight is 386 g/mol. The predicted octanol–water partition coefficient (Wildman–Crippen LogP) is 2.79. The van der Waals surface area contributed by atoms with Gasteiger partial charge < -0.3 is 10.4 Å². The van der Waals surface area contributed by atoms with Gasteiger partial charge >= 0.3 is 5.97 Å². The molecule has 2 N–H and O–H groups in total. The summed E-state index contributed by atoms with van der Waals surface area (Å²) >= 11 is 1.35. The Hall–Kier alpha value is -3.53. The van der Waals surface area contributed by atoms with Crippen molar-refractivity contribution in [1.82, 2.24) is 15.1 Å². The molecule has 3 rings (SSSR count). The summed E-state index contributed by atoms with van der Waals surface area (Å²) in [6.07, 6.45) is 1.25. The van der Waals surface area contributed by atoms with Gasteiger partial charge in [-0.25, -0.2) is 4.68 Å². The Balaban J connectivity index is 1.79. The van der Waals surface area contributed by atoms with Crippen molar-refractivity contribution in [3.8, 4) is 5.69 Å². The third-order valence-corrected chi connectivity index (χ3v) is 4.68. The first-order valence-electron chi connectivity index (χ1n) is 7.80. The standard InChI is InChI=1S/C17H14N4O5S/c22-16(23)10-14(15-5-2-8-27-15)18-17(24)13-6-7-20(19-13)11-3-1-4-12(9-11)21(25)26/h1-9,14H,10H2,(H,18,24)(H,22,23)/t14-/m0/s1. The molecular formula is C17H14N4O5S. The van der Waals surface area contributed by atoms with Crippen LogP contribution in [0.25, 0.3) is 5.69 Å². The molecule has 0 aliphatic carbocycles. The molecule has 2 heterocycles. The first-order chi connectivity index (χ1) is 12.9. The molecule has 0 unspecified atom stereocenters. The molecule has 10 heteroatoms. The minimum absolute atomic E-state index is 0.0773. The van der Waals surface area contributed by atoms with Gasteiger partial charge in [0.2, 0.25) is 0 Å². The average Bonchev–Trinajstić information content (AvgIpc) is 3.33. The van der Waals surface area contributed by atoms with Crippen LogP contribution in [0.4, 0.5) is 5.69 Å². The number of carbonyl (C=O) groups excluding carboxylic acids is 1. The molecule has 0 aliphatic heterocycles. The van der Waals surface area contributed by atoms with E-state index in [9.17, 15) is 19.7 Å². The van der Waals surface area contributed by atoms with E-state index in [1.807, 2.05) is 0 Å². The molecule has 138 valence electrons. The molecule has 1 amide bonds. The summed E-state index contributed by atoms with van der Waals surface area (Å²) in [6, 6.07) is 10.2. The number of non-ortho nitro benzene ring substituents is 1. The molecule has 0 bridgehead atoms. The summed E-state index contributed by atoms with van der Waals surface area (Å²) in [6.45, 7) is 0. The lowest BCUT2D eigenvalue weighted by Crippen LogP contribution is -2.30. The molecule has 0 aliphatic rings. The van der Waals surface area contributed by atoms with Gasteiger partial charge in [0.1, 0.15) is 0 Å². The Morgan fingerprint density at radius 1 is 1.30 bits per heavy atom. The summed E-state index contributed by atoms with van der Waals surface area (Å²) in [5, 5.41) is 28.6. The van der Waals surface area contributed by atoms with Crippen LogP contribution in [0, 0.1) is 10.1 Å². The highest BCUT2D eigenvalue weighted by Crippen LogP contribution is 2.22. The Kier molecular flexibility index (Phi) is 5.27. The van der Waals surface area contributed by atoms with Crippen LogP contribution in [-0.2, 0) is 4.79 Å². The third-order valence-electron chi connectivity index (χ3n) is 3.70. The number of hydrogen-bond acceptors (Lipinski definition) is 6. The quantitative estimate of drug-likeness (QED) is 0.475. The zero-order valence-electron chi connectivity index (χ0n) is 13.8. The number of nitrogens with one attached hydrogen (secondary N) is 1. The highest BCUT2D eigenvalue weighted by Gasteiger charge is 2.21. The molecule has 27 heavy (non-hydrogen) atoms.